The van der Waals surface area contributed by atoms with E-state index in [2.05, 4.69) is 20.8 Å². The largest absolute Gasteiger partial charge is 0.446 e. The van der Waals surface area contributed by atoms with Gasteiger partial charge in [0, 0.05) is 23.1 Å². The number of anilines is 1. The van der Waals surface area contributed by atoms with Crippen LogP contribution in [-0.2, 0) is 9.53 Å². The summed E-state index contributed by atoms with van der Waals surface area (Å²) in [6.45, 7) is 7.49. The first-order valence-electron chi connectivity index (χ1n) is 9.61. The molecule has 1 aliphatic carbocycles. The van der Waals surface area contributed by atoms with Crippen LogP contribution < -0.4 is 10.6 Å². The van der Waals surface area contributed by atoms with Crippen molar-refractivity contribution in [1.82, 2.24) is 15.5 Å². The zero-order chi connectivity index (χ0) is 20.3. The maximum absolute atomic E-state index is 12.1. The number of nitrogens with zero attached hydrogens (tertiary/aromatic N) is 1. The van der Waals surface area contributed by atoms with Gasteiger partial charge >= 0.3 is 6.09 Å². The fourth-order valence-corrected chi connectivity index (χ4v) is 3.02. The molecule has 7 heteroatoms. The Hall–Kier alpha value is -2.83. The van der Waals surface area contributed by atoms with E-state index in [0.717, 1.165) is 24.1 Å². The van der Waals surface area contributed by atoms with Crippen LogP contribution in [0.5, 0.6) is 0 Å². The van der Waals surface area contributed by atoms with Gasteiger partial charge in [-0.25, -0.2) is 4.79 Å². The van der Waals surface area contributed by atoms with Gasteiger partial charge in [0.05, 0.1) is 6.04 Å². The maximum Gasteiger partial charge on any atom is 0.407 e. The van der Waals surface area contributed by atoms with Gasteiger partial charge in [0.15, 0.2) is 5.82 Å². The molecule has 0 aliphatic heterocycles. The number of aromatic nitrogens is 2. The smallest absolute Gasteiger partial charge is 0.407 e. The number of benzene rings is 1. The summed E-state index contributed by atoms with van der Waals surface area (Å²) in [7, 11) is 0. The Morgan fingerprint density at radius 2 is 1.89 bits per heavy atom. The van der Waals surface area contributed by atoms with Crippen LogP contribution in [0.3, 0.4) is 0 Å². The number of ether oxygens (including phenoxy) is 1. The van der Waals surface area contributed by atoms with Crippen molar-refractivity contribution >= 4 is 17.8 Å². The number of H-pyrrole nitrogens is 1. The van der Waals surface area contributed by atoms with E-state index in [9.17, 15) is 9.59 Å². The zero-order valence-electron chi connectivity index (χ0n) is 16.8. The van der Waals surface area contributed by atoms with E-state index in [0.29, 0.717) is 5.82 Å². The van der Waals surface area contributed by atoms with Gasteiger partial charge < -0.3 is 15.4 Å². The molecule has 3 N–H and O–H groups in total. The van der Waals surface area contributed by atoms with Crippen molar-refractivity contribution in [3.63, 3.8) is 0 Å². The van der Waals surface area contributed by atoms with Gasteiger partial charge in [-0.15, -0.1) is 0 Å². The Bertz CT molecular complexity index is 820. The van der Waals surface area contributed by atoms with E-state index in [-0.39, 0.29) is 24.0 Å². The second-order valence-corrected chi connectivity index (χ2v) is 8.39. The lowest BCUT2D eigenvalue weighted by molar-refractivity contribution is -0.123. The molecule has 7 nitrogen and oxygen atoms in total. The van der Waals surface area contributed by atoms with Crippen molar-refractivity contribution < 1.29 is 14.3 Å². The molecule has 1 saturated carbocycles. The molecular weight excluding hydrogens is 356 g/mol. The average Bonchev–Trinajstić information content (AvgIpc) is 3.05. The third-order valence-corrected chi connectivity index (χ3v) is 4.96. The van der Waals surface area contributed by atoms with E-state index in [1.165, 1.54) is 0 Å². The fraction of sp³-hybridized carbons (Fsp3) is 0.476. The molecule has 1 aromatic carbocycles. The van der Waals surface area contributed by atoms with E-state index in [1.54, 1.807) is 0 Å². The number of hydrogen-bond acceptors (Lipinski definition) is 4. The third-order valence-electron chi connectivity index (χ3n) is 4.96. The van der Waals surface area contributed by atoms with Gasteiger partial charge in [0.2, 0.25) is 5.91 Å². The molecule has 3 rings (SSSR count). The van der Waals surface area contributed by atoms with Gasteiger partial charge in [-0.2, -0.15) is 5.10 Å². The number of hydrogen-bond donors (Lipinski definition) is 3. The number of carbonyl (C=O) groups excluding carboxylic acids is 2. The van der Waals surface area contributed by atoms with Crippen LogP contribution in [0.2, 0.25) is 0 Å². The number of amides is 2. The summed E-state index contributed by atoms with van der Waals surface area (Å²) < 4.78 is 5.49. The lowest BCUT2D eigenvalue weighted by Crippen LogP contribution is -2.37. The van der Waals surface area contributed by atoms with Crippen LogP contribution in [0.15, 0.2) is 36.4 Å². The van der Waals surface area contributed by atoms with Crippen LogP contribution in [0.1, 0.15) is 63.8 Å². The maximum atomic E-state index is 12.1. The van der Waals surface area contributed by atoms with E-state index < -0.39 is 11.5 Å². The lowest BCUT2D eigenvalue weighted by Gasteiger charge is -2.34. The monoisotopic (exact) mass is 384 g/mol. The van der Waals surface area contributed by atoms with Crippen LogP contribution in [-0.4, -0.2) is 28.3 Å². The predicted octanol–water partition coefficient (Wildman–Crippen LogP) is 4.13. The van der Waals surface area contributed by atoms with Crippen LogP contribution >= 0.6 is 0 Å². The highest BCUT2D eigenvalue weighted by Gasteiger charge is 2.35. The highest BCUT2D eigenvalue weighted by molar-refractivity contribution is 5.93. The van der Waals surface area contributed by atoms with Crippen molar-refractivity contribution in [3.05, 3.63) is 47.7 Å². The lowest BCUT2D eigenvalue weighted by atomic mass is 9.80. The minimum absolute atomic E-state index is 0.0791. The predicted molar refractivity (Wildman–Crippen MR) is 107 cm³/mol. The molecule has 0 radical (unpaired) electrons. The summed E-state index contributed by atoms with van der Waals surface area (Å²) in [6.07, 6.45) is 0.968. The minimum Gasteiger partial charge on any atom is -0.446 e. The summed E-state index contributed by atoms with van der Waals surface area (Å²) in [6, 6.07) is 11.5. The van der Waals surface area contributed by atoms with Gasteiger partial charge in [-0.1, -0.05) is 51.1 Å². The van der Waals surface area contributed by atoms with Gasteiger partial charge in [-0.05, 0) is 25.3 Å². The molecule has 2 amide bonds. The summed E-state index contributed by atoms with van der Waals surface area (Å²) in [5.74, 6) is 0.690. The second-order valence-electron chi connectivity index (χ2n) is 8.39. The van der Waals surface area contributed by atoms with Gasteiger partial charge in [0.25, 0.3) is 0 Å². The Labute approximate surface area is 165 Å². The number of rotatable bonds is 5. The van der Waals surface area contributed by atoms with Gasteiger partial charge in [0.1, 0.15) is 6.10 Å². The molecule has 0 saturated heterocycles. The Balaban J connectivity index is 1.43. The Morgan fingerprint density at radius 3 is 2.54 bits per heavy atom. The number of nitrogens with one attached hydrogen (secondary N) is 3. The minimum atomic E-state index is -0.473. The molecule has 1 aromatic heterocycles. The summed E-state index contributed by atoms with van der Waals surface area (Å²) in [5.41, 5.74) is 1.51. The van der Waals surface area contributed by atoms with Crippen molar-refractivity contribution in [2.75, 3.05) is 5.32 Å². The molecule has 28 heavy (non-hydrogen) atoms. The highest BCUT2D eigenvalue weighted by atomic mass is 16.6. The van der Waals surface area contributed by atoms with Crippen molar-refractivity contribution in [1.29, 1.82) is 0 Å². The first-order valence-corrected chi connectivity index (χ1v) is 9.61. The molecule has 0 bridgehead atoms. The first-order chi connectivity index (χ1) is 13.2. The topological polar surface area (TPSA) is 96.1 Å². The van der Waals surface area contributed by atoms with Crippen molar-refractivity contribution in [2.24, 2.45) is 5.41 Å². The highest BCUT2D eigenvalue weighted by Crippen LogP contribution is 2.38. The van der Waals surface area contributed by atoms with Gasteiger partial charge in [-0.3, -0.25) is 9.89 Å². The molecule has 1 fully saturated rings. The van der Waals surface area contributed by atoms with Crippen molar-refractivity contribution in [2.45, 2.75) is 58.6 Å². The molecule has 1 atom stereocenters. The van der Waals surface area contributed by atoms with Crippen molar-refractivity contribution in [3.8, 4) is 0 Å². The van der Waals surface area contributed by atoms with E-state index in [4.69, 9.17) is 4.74 Å². The normalized spacial score (nSPS) is 20.0. The molecule has 0 spiro atoms. The summed E-state index contributed by atoms with van der Waals surface area (Å²) >= 11 is 0. The number of alkyl carbamates (subject to hydrolysis) is 1. The molecule has 2 aromatic rings. The number of aromatic amines is 1. The average molecular weight is 384 g/mol. The first kappa shape index (κ1) is 19.9. The van der Waals surface area contributed by atoms with E-state index in [1.807, 2.05) is 64.1 Å². The van der Waals surface area contributed by atoms with E-state index >= 15 is 0 Å². The van der Waals surface area contributed by atoms with Crippen LogP contribution in [0.4, 0.5) is 10.6 Å². The van der Waals surface area contributed by atoms with Crippen LogP contribution in [0, 0.1) is 5.41 Å². The molecule has 150 valence electrons. The molecule has 1 aliphatic rings. The fourth-order valence-electron chi connectivity index (χ4n) is 3.02. The standard InChI is InChI=1S/C21H28N4O3/c1-13(14-8-6-5-7-9-14)22-20(27)28-16-10-15(11-16)17-12-18(25-24-17)23-19(26)21(2,3)4/h5-9,12-13,15-16H,10-11H2,1-4H3,(H,22,27)(H2,23,24,25,26). The van der Waals surface area contributed by atoms with Crippen LogP contribution in [0.25, 0.3) is 0 Å². The zero-order valence-corrected chi connectivity index (χ0v) is 16.8. The number of carbonyl (C=O) groups is 2. The summed E-state index contributed by atoms with van der Waals surface area (Å²) in [5, 5.41) is 12.8. The SMILES string of the molecule is CC(NC(=O)OC1CC(c2cc(NC(=O)C(C)(C)C)n[nH]2)C1)c1ccccc1. The Morgan fingerprint density at radius 1 is 1.21 bits per heavy atom. The second kappa shape index (κ2) is 8.04. The quantitative estimate of drug-likeness (QED) is 0.722. The summed E-state index contributed by atoms with van der Waals surface area (Å²) in [4.78, 5) is 24.1. The molecule has 1 unspecified atom stereocenters. The molecule has 1 heterocycles. The third kappa shape index (κ3) is 4.91. The molecular formula is C21H28N4O3. The Kier molecular flexibility index (Phi) is 5.72.